The van der Waals surface area contributed by atoms with Gasteiger partial charge in [-0.25, -0.2) is 9.97 Å². The van der Waals surface area contributed by atoms with Crippen LogP contribution >= 0.6 is 0 Å². The maximum atomic E-state index is 5.78. The molecule has 0 bridgehead atoms. The fourth-order valence-corrected chi connectivity index (χ4v) is 1.34. The van der Waals surface area contributed by atoms with Gasteiger partial charge in [0.25, 0.3) is 5.88 Å². The number of nitrogens with zero attached hydrogens (tertiary/aromatic N) is 2. The number of hydrogen-bond acceptors (Lipinski definition) is 4. The molecule has 0 unspecified atom stereocenters. The molecule has 1 aromatic heterocycles. The minimum Gasteiger partial charge on any atom is -0.456 e. The van der Waals surface area contributed by atoms with Crippen molar-refractivity contribution in [3.8, 4) is 18.2 Å². The van der Waals surface area contributed by atoms with Gasteiger partial charge in [0.1, 0.15) is 0 Å². The van der Waals surface area contributed by atoms with Gasteiger partial charge in [0.15, 0.2) is 11.4 Å². The summed E-state index contributed by atoms with van der Waals surface area (Å²) in [5.74, 6) is 3.03. The molecule has 2 N–H and O–H groups in total. The van der Waals surface area contributed by atoms with Crippen molar-refractivity contribution < 1.29 is 4.74 Å². The fourth-order valence-electron chi connectivity index (χ4n) is 1.34. The van der Waals surface area contributed by atoms with E-state index in [-0.39, 0.29) is 11.7 Å². The Morgan fingerprint density at radius 2 is 1.82 bits per heavy atom. The molecule has 4 heteroatoms. The molecule has 0 saturated heterocycles. The van der Waals surface area contributed by atoms with Crippen molar-refractivity contribution in [3.05, 3.63) is 24.3 Å². The van der Waals surface area contributed by atoms with E-state index in [0.29, 0.717) is 0 Å². The van der Waals surface area contributed by atoms with Crippen molar-refractivity contribution in [1.82, 2.24) is 9.97 Å². The fraction of sp³-hybridized carbons (Fsp3) is 0.231. The molecule has 17 heavy (non-hydrogen) atoms. The van der Waals surface area contributed by atoms with Crippen LogP contribution in [0.1, 0.15) is 13.8 Å². The molecule has 86 valence electrons. The average molecular weight is 227 g/mol. The quantitative estimate of drug-likeness (QED) is 0.797. The number of para-hydroxylation sites is 2. The second-order valence-corrected chi connectivity index (χ2v) is 4.16. The summed E-state index contributed by atoms with van der Waals surface area (Å²) in [5.41, 5.74) is 6.48. The van der Waals surface area contributed by atoms with Gasteiger partial charge in [0, 0.05) is 0 Å². The average Bonchev–Trinajstić information content (AvgIpc) is 2.30. The van der Waals surface area contributed by atoms with Gasteiger partial charge < -0.3 is 10.5 Å². The van der Waals surface area contributed by atoms with Crippen molar-refractivity contribution in [2.24, 2.45) is 0 Å². The summed E-state index contributed by atoms with van der Waals surface area (Å²) in [4.78, 5) is 8.52. The summed E-state index contributed by atoms with van der Waals surface area (Å²) >= 11 is 0. The number of aromatic nitrogens is 2. The number of benzene rings is 1. The Labute approximate surface area is 99.8 Å². The maximum absolute atomic E-state index is 5.78. The molecule has 0 aliphatic heterocycles. The largest absolute Gasteiger partial charge is 0.456 e. The second kappa shape index (κ2) is 3.95. The van der Waals surface area contributed by atoms with Crippen molar-refractivity contribution in [2.45, 2.75) is 19.4 Å². The Bertz CT molecular complexity index is 599. The molecule has 1 heterocycles. The van der Waals surface area contributed by atoms with Gasteiger partial charge in [-0.3, -0.25) is 0 Å². The van der Waals surface area contributed by atoms with Crippen molar-refractivity contribution in [1.29, 1.82) is 0 Å². The number of rotatable bonds is 2. The Kier molecular flexibility index (Phi) is 2.60. The van der Waals surface area contributed by atoms with Gasteiger partial charge >= 0.3 is 0 Å². The monoisotopic (exact) mass is 227 g/mol. The Balaban J connectivity index is 2.49. The minimum absolute atomic E-state index is 0.243. The van der Waals surface area contributed by atoms with E-state index in [2.05, 4.69) is 15.9 Å². The van der Waals surface area contributed by atoms with Gasteiger partial charge in [-0.2, -0.15) is 0 Å². The van der Waals surface area contributed by atoms with Gasteiger partial charge in [-0.05, 0) is 26.0 Å². The van der Waals surface area contributed by atoms with Crippen LogP contribution in [0.3, 0.4) is 0 Å². The molecule has 0 aliphatic rings. The van der Waals surface area contributed by atoms with Crippen LogP contribution in [0.2, 0.25) is 0 Å². The van der Waals surface area contributed by atoms with Crippen LogP contribution in [0.4, 0.5) is 5.82 Å². The van der Waals surface area contributed by atoms with Gasteiger partial charge in [-0.15, -0.1) is 6.42 Å². The van der Waals surface area contributed by atoms with Crippen LogP contribution in [0.5, 0.6) is 5.88 Å². The lowest BCUT2D eigenvalue weighted by atomic mass is 10.1. The maximum Gasteiger partial charge on any atom is 0.259 e. The van der Waals surface area contributed by atoms with E-state index in [1.54, 1.807) is 13.8 Å². The molecular formula is C13H13N3O. The minimum atomic E-state index is -0.759. The topological polar surface area (TPSA) is 61.0 Å². The molecule has 0 fully saturated rings. The van der Waals surface area contributed by atoms with Crippen LogP contribution in [-0.4, -0.2) is 15.6 Å². The summed E-state index contributed by atoms with van der Waals surface area (Å²) in [7, 11) is 0. The van der Waals surface area contributed by atoms with E-state index in [1.807, 2.05) is 24.3 Å². The molecular weight excluding hydrogens is 214 g/mol. The summed E-state index contributed by atoms with van der Waals surface area (Å²) in [6.07, 6.45) is 5.35. The molecule has 2 rings (SSSR count). The standard InChI is InChI=1S/C13H13N3O/c1-4-13(2,3)17-12-11(14)15-9-7-5-6-8-10(9)16-12/h1,5-8H,2-3H3,(H2,14,15). The summed E-state index contributed by atoms with van der Waals surface area (Å²) in [5, 5.41) is 0. The van der Waals surface area contributed by atoms with Gasteiger partial charge in [0.2, 0.25) is 0 Å². The van der Waals surface area contributed by atoms with Gasteiger partial charge in [0.05, 0.1) is 11.0 Å². The lowest BCUT2D eigenvalue weighted by molar-refractivity contribution is 0.166. The van der Waals surface area contributed by atoms with Gasteiger partial charge in [-0.1, -0.05) is 18.1 Å². The first-order valence-electron chi connectivity index (χ1n) is 5.21. The van der Waals surface area contributed by atoms with E-state index in [0.717, 1.165) is 11.0 Å². The smallest absolute Gasteiger partial charge is 0.259 e. The number of ether oxygens (including phenoxy) is 1. The predicted octanol–water partition coefficient (Wildman–Crippen LogP) is 2.00. The Morgan fingerprint density at radius 1 is 1.24 bits per heavy atom. The molecule has 0 atom stereocenters. The highest BCUT2D eigenvalue weighted by Crippen LogP contribution is 2.24. The summed E-state index contributed by atoms with van der Waals surface area (Å²) in [6.45, 7) is 3.53. The highest BCUT2D eigenvalue weighted by atomic mass is 16.5. The zero-order valence-electron chi connectivity index (χ0n) is 9.77. The zero-order chi connectivity index (χ0) is 12.5. The Morgan fingerprint density at radius 3 is 2.41 bits per heavy atom. The summed E-state index contributed by atoms with van der Waals surface area (Å²) in [6, 6.07) is 7.44. The normalized spacial score (nSPS) is 11.1. The lowest BCUT2D eigenvalue weighted by Crippen LogP contribution is -2.26. The molecule has 0 radical (unpaired) electrons. The van der Waals surface area contributed by atoms with E-state index < -0.39 is 5.60 Å². The number of terminal acetylenes is 1. The van der Waals surface area contributed by atoms with Crippen LogP contribution in [-0.2, 0) is 0 Å². The first kappa shape index (κ1) is 11.2. The van der Waals surface area contributed by atoms with Crippen molar-refractivity contribution in [2.75, 3.05) is 5.73 Å². The molecule has 0 saturated carbocycles. The molecule has 4 nitrogen and oxygen atoms in total. The third kappa shape index (κ3) is 2.28. The molecule has 0 spiro atoms. The summed E-state index contributed by atoms with van der Waals surface area (Å²) < 4.78 is 5.56. The van der Waals surface area contributed by atoms with E-state index in [1.165, 1.54) is 0 Å². The predicted molar refractivity (Wildman–Crippen MR) is 67.5 cm³/mol. The molecule has 2 aromatic rings. The van der Waals surface area contributed by atoms with E-state index in [9.17, 15) is 0 Å². The number of nitrogen functional groups attached to an aromatic ring is 1. The first-order chi connectivity index (χ1) is 8.02. The highest BCUT2D eigenvalue weighted by Gasteiger charge is 2.19. The zero-order valence-corrected chi connectivity index (χ0v) is 9.77. The number of hydrogen-bond donors (Lipinski definition) is 1. The lowest BCUT2D eigenvalue weighted by Gasteiger charge is -2.20. The molecule has 0 aliphatic carbocycles. The third-order valence-electron chi connectivity index (χ3n) is 2.26. The van der Waals surface area contributed by atoms with Crippen LogP contribution in [0.25, 0.3) is 11.0 Å². The van der Waals surface area contributed by atoms with Crippen molar-refractivity contribution >= 4 is 16.9 Å². The van der Waals surface area contributed by atoms with E-state index >= 15 is 0 Å². The second-order valence-electron chi connectivity index (χ2n) is 4.16. The molecule has 0 amide bonds. The number of fused-ring (bicyclic) bond motifs is 1. The highest BCUT2D eigenvalue weighted by molar-refractivity contribution is 5.76. The first-order valence-corrected chi connectivity index (χ1v) is 5.21. The molecule has 1 aromatic carbocycles. The van der Waals surface area contributed by atoms with E-state index in [4.69, 9.17) is 16.9 Å². The third-order valence-corrected chi connectivity index (χ3v) is 2.26. The van der Waals surface area contributed by atoms with Crippen LogP contribution < -0.4 is 10.5 Å². The Hall–Kier alpha value is -2.28. The van der Waals surface area contributed by atoms with Crippen LogP contribution in [0.15, 0.2) is 24.3 Å². The number of anilines is 1. The van der Waals surface area contributed by atoms with Crippen LogP contribution in [0, 0.1) is 12.3 Å². The number of nitrogens with two attached hydrogens (primary N) is 1. The van der Waals surface area contributed by atoms with Crippen molar-refractivity contribution in [3.63, 3.8) is 0 Å². The SMILES string of the molecule is C#CC(C)(C)Oc1nc2ccccc2nc1N.